The molecule has 2 unspecified atom stereocenters. The van der Waals surface area contributed by atoms with Gasteiger partial charge in [-0.2, -0.15) is 5.26 Å². The van der Waals surface area contributed by atoms with Crippen molar-refractivity contribution in [1.82, 2.24) is 5.32 Å². The smallest absolute Gasteiger partial charge is 0.220 e. The number of aryl methyl sites for hydroxylation is 2. The second kappa shape index (κ2) is 6.38. The van der Waals surface area contributed by atoms with Gasteiger partial charge in [-0.3, -0.25) is 4.79 Å². The van der Waals surface area contributed by atoms with Gasteiger partial charge >= 0.3 is 0 Å². The van der Waals surface area contributed by atoms with Crippen LogP contribution in [0.1, 0.15) is 36.8 Å². The van der Waals surface area contributed by atoms with Gasteiger partial charge in [0.2, 0.25) is 5.91 Å². The minimum absolute atomic E-state index is 0.00308. The van der Waals surface area contributed by atoms with Gasteiger partial charge < -0.3 is 5.32 Å². The van der Waals surface area contributed by atoms with E-state index in [9.17, 15) is 4.79 Å². The summed E-state index contributed by atoms with van der Waals surface area (Å²) in [5.41, 5.74) is 2.42. The number of benzene rings is 1. The number of hydrogen-bond acceptors (Lipinski definition) is 2. The molecule has 3 nitrogen and oxygen atoms in total. The van der Waals surface area contributed by atoms with E-state index in [0.717, 1.165) is 25.7 Å². The summed E-state index contributed by atoms with van der Waals surface area (Å²) >= 11 is 0. The lowest BCUT2D eigenvalue weighted by Crippen LogP contribution is -2.36. The van der Waals surface area contributed by atoms with Crippen LogP contribution < -0.4 is 5.32 Å². The second-order valence-electron chi connectivity index (χ2n) is 5.33. The molecule has 1 aromatic rings. The Morgan fingerprint density at radius 1 is 1.37 bits per heavy atom. The van der Waals surface area contributed by atoms with Crippen LogP contribution in [0.4, 0.5) is 0 Å². The van der Waals surface area contributed by atoms with Crippen molar-refractivity contribution >= 4 is 5.91 Å². The van der Waals surface area contributed by atoms with Crippen molar-refractivity contribution < 1.29 is 4.79 Å². The predicted molar refractivity (Wildman–Crippen MR) is 74.4 cm³/mol. The molecule has 0 aromatic heterocycles. The first-order valence-corrected chi connectivity index (χ1v) is 6.93. The van der Waals surface area contributed by atoms with Gasteiger partial charge in [-0.05, 0) is 38.2 Å². The number of hydrogen-bond donors (Lipinski definition) is 1. The van der Waals surface area contributed by atoms with Crippen molar-refractivity contribution in [3.8, 4) is 6.07 Å². The Hall–Kier alpha value is -1.82. The Labute approximate surface area is 114 Å². The Balaban J connectivity index is 1.79. The average molecular weight is 256 g/mol. The quantitative estimate of drug-likeness (QED) is 0.900. The van der Waals surface area contributed by atoms with Gasteiger partial charge in [0.15, 0.2) is 0 Å². The van der Waals surface area contributed by atoms with Crippen LogP contribution in [0, 0.1) is 24.2 Å². The van der Waals surface area contributed by atoms with Gasteiger partial charge in [0.1, 0.15) is 0 Å². The molecule has 0 bridgehead atoms. The zero-order valence-electron chi connectivity index (χ0n) is 11.4. The molecule has 1 aliphatic rings. The van der Waals surface area contributed by atoms with Gasteiger partial charge in [-0.25, -0.2) is 0 Å². The summed E-state index contributed by atoms with van der Waals surface area (Å²) in [6.07, 6.45) is 4.16. The van der Waals surface area contributed by atoms with E-state index in [1.165, 1.54) is 11.1 Å². The van der Waals surface area contributed by atoms with Crippen molar-refractivity contribution in [3.05, 3.63) is 35.4 Å². The van der Waals surface area contributed by atoms with Gasteiger partial charge in [-0.1, -0.05) is 29.8 Å². The molecule has 0 saturated heterocycles. The zero-order valence-corrected chi connectivity index (χ0v) is 11.4. The summed E-state index contributed by atoms with van der Waals surface area (Å²) in [6, 6.07) is 10.6. The molecule has 19 heavy (non-hydrogen) atoms. The van der Waals surface area contributed by atoms with Crippen molar-refractivity contribution in [3.63, 3.8) is 0 Å². The van der Waals surface area contributed by atoms with Crippen molar-refractivity contribution in [2.24, 2.45) is 5.92 Å². The monoisotopic (exact) mass is 256 g/mol. The maximum atomic E-state index is 11.9. The van der Waals surface area contributed by atoms with Crippen molar-refractivity contribution in [2.45, 2.75) is 45.1 Å². The zero-order chi connectivity index (χ0) is 13.7. The molecule has 1 saturated carbocycles. The third-order valence-corrected chi connectivity index (χ3v) is 3.79. The number of nitrogens with one attached hydrogen (secondary N) is 1. The standard InChI is InChI=1S/C16H20N2O/c1-12-5-7-13(8-6-12)9-10-16(19)18-15-4-2-3-14(15)11-17/h5-8,14-15H,2-4,9-10H2,1H3,(H,18,19). The highest BCUT2D eigenvalue weighted by molar-refractivity contribution is 5.76. The molecule has 1 fully saturated rings. The van der Waals surface area contributed by atoms with E-state index in [-0.39, 0.29) is 17.9 Å². The molecule has 0 aliphatic heterocycles. The molecular weight excluding hydrogens is 236 g/mol. The Morgan fingerprint density at radius 3 is 2.79 bits per heavy atom. The van der Waals surface area contributed by atoms with E-state index < -0.39 is 0 Å². The fourth-order valence-electron chi connectivity index (χ4n) is 2.58. The predicted octanol–water partition coefficient (Wildman–Crippen LogP) is 2.74. The van der Waals surface area contributed by atoms with E-state index in [1.54, 1.807) is 0 Å². The number of carbonyl (C=O) groups excluding carboxylic acids is 1. The van der Waals surface area contributed by atoms with Gasteiger partial charge in [-0.15, -0.1) is 0 Å². The molecule has 1 amide bonds. The molecule has 0 spiro atoms. The maximum Gasteiger partial charge on any atom is 0.220 e. The lowest BCUT2D eigenvalue weighted by atomic mass is 10.0. The van der Waals surface area contributed by atoms with Crippen LogP contribution in [-0.2, 0) is 11.2 Å². The van der Waals surface area contributed by atoms with Crippen LogP contribution in [0.3, 0.4) is 0 Å². The highest BCUT2D eigenvalue weighted by Crippen LogP contribution is 2.24. The Morgan fingerprint density at radius 2 is 2.11 bits per heavy atom. The minimum Gasteiger partial charge on any atom is -0.352 e. The van der Waals surface area contributed by atoms with Gasteiger partial charge in [0.25, 0.3) is 0 Å². The van der Waals surface area contributed by atoms with Crippen LogP contribution in [0.25, 0.3) is 0 Å². The molecule has 2 atom stereocenters. The highest BCUT2D eigenvalue weighted by Gasteiger charge is 2.27. The van der Waals surface area contributed by atoms with E-state index in [0.29, 0.717) is 6.42 Å². The van der Waals surface area contributed by atoms with E-state index in [2.05, 4.69) is 42.6 Å². The summed E-state index contributed by atoms with van der Waals surface area (Å²) in [5, 5.41) is 12.0. The number of nitriles is 1. The summed E-state index contributed by atoms with van der Waals surface area (Å²) in [7, 11) is 0. The highest BCUT2D eigenvalue weighted by atomic mass is 16.1. The molecule has 1 aromatic carbocycles. The lowest BCUT2D eigenvalue weighted by Gasteiger charge is -2.15. The van der Waals surface area contributed by atoms with E-state index in [1.807, 2.05) is 0 Å². The van der Waals surface area contributed by atoms with Crippen LogP contribution in [-0.4, -0.2) is 11.9 Å². The molecular formula is C16H20N2O. The molecule has 100 valence electrons. The first-order chi connectivity index (χ1) is 9.19. The van der Waals surface area contributed by atoms with Gasteiger partial charge in [0, 0.05) is 12.5 Å². The summed E-state index contributed by atoms with van der Waals surface area (Å²) < 4.78 is 0. The molecule has 1 aliphatic carbocycles. The number of amides is 1. The first-order valence-electron chi connectivity index (χ1n) is 6.93. The Kier molecular flexibility index (Phi) is 4.57. The molecule has 2 rings (SSSR count). The fourth-order valence-corrected chi connectivity index (χ4v) is 2.58. The summed E-state index contributed by atoms with van der Waals surface area (Å²) in [4.78, 5) is 11.9. The van der Waals surface area contributed by atoms with Crippen molar-refractivity contribution in [2.75, 3.05) is 0 Å². The van der Waals surface area contributed by atoms with Crippen molar-refractivity contribution in [1.29, 1.82) is 5.26 Å². The second-order valence-corrected chi connectivity index (χ2v) is 5.33. The minimum atomic E-state index is 0.00308. The summed E-state index contributed by atoms with van der Waals surface area (Å²) in [6.45, 7) is 2.05. The third-order valence-electron chi connectivity index (χ3n) is 3.79. The molecule has 0 radical (unpaired) electrons. The van der Waals surface area contributed by atoms with Crippen LogP contribution in [0.15, 0.2) is 24.3 Å². The molecule has 1 N–H and O–H groups in total. The number of rotatable bonds is 4. The topological polar surface area (TPSA) is 52.9 Å². The average Bonchev–Trinajstić information content (AvgIpc) is 2.85. The first kappa shape index (κ1) is 13.6. The lowest BCUT2D eigenvalue weighted by molar-refractivity contribution is -0.121. The summed E-state index contributed by atoms with van der Waals surface area (Å²) in [5.74, 6) is 0.0658. The molecule has 0 heterocycles. The van der Waals surface area contributed by atoms with Gasteiger partial charge in [0.05, 0.1) is 12.0 Å². The fraction of sp³-hybridized carbons (Fsp3) is 0.500. The molecule has 3 heteroatoms. The van der Waals surface area contributed by atoms with E-state index >= 15 is 0 Å². The number of nitrogens with zero attached hydrogens (tertiary/aromatic N) is 1. The third kappa shape index (κ3) is 3.82. The normalized spacial score (nSPS) is 21.9. The van der Waals surface area contributed by atoms with Crippen LogP contribution in [0.2, 0.25) is 0 Å². The van der Waals surface area contributed by atoms with Crippen LogP contribution in [0.5, 0.6) is 0 Å². The van der Waals surface area contributed by atoms with Crippen LogP contribution >= 0.6 is 0 Å². The largest absolute Gasteiger partial charge is 0.352 e. The van der Waals surface area contributed by atoms with E-state index in [4.69, 9.17) is 5.26 Å². The Bertz CT molecular complexity index is 473. The maximum absolute atomic E-state index is 11.9. The number of carbonyl (C=O) groups is 1. The SMILES string of the molecule is Cc1ccc(CCC(=O)NC2CCCC2C#N)cc1.